The van der Waals surface area contributed by atoms with E-state index >= 15 is 0 Å². The molecule has 138 valence electrons. The van der Waals surface area contributed by atoms with Gasteiger partial charge in [-0.25, -0.2) is 0 Å². The topological polar surface area (TPSA) is 89.6 Å². The van der Waals surface area contributed by atoms with Crippen molar-refractivity contribution >= 4 is 12.2 Å². The van der Waals surface area contributed by atoms with Gasteiger partial charge in [0.15, 0.2) is 0 Å². The Morgan fingerprint density at radius 2 is 1.77 bits per heavy atom. The summed E-state index contributed by atoms with van der Waals surface area (Å²) in [7, 11) is 0. The molecule has 5 nitrogen and oxygen atoms in total. The van der Waals surface area contributed by atoms with E-state index in [1.165, 1.54) is 12.1 Å². The van der Waals surface area contributed by atoms with Crippen LogP contribution in [0.15, 0.2) is 42.5 Å². The zero-order valence-electron chi connectivity index (χ0n) is 15.6. The number of carbonyl (C=O) groups excluding carboxylic acids is 2. The first-order valence-electron chi connectivity index (χ1n) is 8.43. The molecule has 2 aromatic carbocycles. The van der Waals surface area contributed by atoms with Gasteiger partial charge >= 0.3 is 0 Å². The molecular formula is C21H25NO4. The van der Waals surface area contributed by atoms with Crippen molar-refractivity contribution in [3.05, 3.63) is 59.2 Å². The predicted octanol–water partition coefficient (Wildman–Crippen LogP) is 3.35. The first-order valence-corrected chi connectivity index (χ1v) is 8.43. The van der Waals surface area contributed by atoms with Crippen LogP contribution in [0.5, 0.6) is 11.5 Å². The molecule has 1 unspecified atom stereocenters. The van der Waals surface area contributed by atoms with Gasteiger partial charge in [-0.1, -0.05) is 39.0 Å². The van der Waals surface area contributed by atoms with E-state index in [9.17, 15) is 14.7 Å². The van der Waals surface area contributed by atoms with E-state index in [1.807, 2.05) is 12.1 Å². The lowest BCUT2D eigenvalue weighted by Gasteiger charge is -2.32. The smallest absolute Gasteiger partial charge is 0.266 e. The second kappa shape index (κ2) is 7.20. The Labute approximate surface area is 153 Å². The lowest BCUT2D eigenvalue weighted by atomic mass is 9.86. The molecule has 0 spiro atoms. The molecule has 0 fully saturated rings. The third-order valence-electron chi connectivity index (χ3n) is 4.44. The van der Waals surface area contributed by atoms with Crippen LogP contribution in [0.2, 0.25) is 0 Å². The first-order chi connectivity index (χ1) is 12.1. The molecule has 1 atom stereocenters. The predicted molar refractivity (Wildman–Crippen MR) is 100 cm³/mol. The molecule has 0 aromatic heterocycles. The van der Waals surface area contributed by atoms with Crippen molar-refractivity contribution in [2.24, 2.45) is 5.73 Å². The number of aldehydes is 1. The summed E-state index contributed by atoms with van der Waals surface area (Å²) >= 11 is 0. The number of phenols is 1. The first kappa shape index (κ1) is 19.5. The van der Waals surface area contributed by atoms with Crippen molar-refractivity contribution in [1.29, 1.82) is 0 Å². The lowest BCUT2D eigenvalue weighted by molar-refractivity contribution is -0.137. The van der Waals surface area contributed by atoms with Crippen molar-refractivity contribution in [3.63, 3.8) is 0 Å². The minimum atomic E-state index is -1.69. The summed E-state index contributed by atoms with van der Waals surface area (Å²) in [6.07, 6.45) is 0.339. The number of hydrogen-bond donors (Lipinski definition) is 2. The van der Waals surface area contributed by atoms with Gasteiger partial charge in [0, 0.05) is 5.56 Å². The van der Waals surface area contributed by atoms with E-state index in [-0.39, 0.29) is 17.6 Å². The number of ether oxygens (including phenoxy) is 1. The van der Waals surface area contributed by atoms with Crippen LogP contribution in [0.1, 0.15) is 43.9 Å². The number of primary amides is 1. The minimum absolute atomic E-state index is 0.0239. The van der Waals surface area contributed by atoms with E-state index in [1.54, 1.807) is 25.1 Å². The standard InChI is InChI=1S/C21H25NO4/c1-14-5-8-16(24)13-18(14)21(11-12-23,19(22)25)26-17-9-6-15(7-10-17)20(2,3)4/h5-10,12-13,24H,11H2,1-4H3,(H2,22,25). The number of aryl methyl sites for hydroxylation is 1. The maximum absolute atomic E-state index is 12.4. The third-order valence-corrected chi connectivity index (χ3v) is 4.44. The highest BCUT2D eigenvalue weighted by molar-refractivity contribution is 5.88. The second-order valence-electron chi connectivity index (χ2n) is 7.44. The molecule has 0 radical (unpaired) electrons. The van der Waals surface area contributed by atoms with Gasteiger partial charge in [-0.15, -0.1) is 0 Å². The fraction of sp³-hybridized carbons (Fsp3) is 0.333. The van der Waals surface area contributed by atoms with Crippen molar-refractivity contribution in [3.8, 4) is 11.5 Å². The number of carbonyl (C=O) groups is 2. The molecule has 1 amide bonds. The van der Waals surface area contributed by atoms with Gasteiger partial charge in [0.25, 0.3) is 5.91 Å². The lowest BCUT2D eigenvalue weighted by Crippen LogP contribution is -2.47. The highest BCUT2D eigenvalue weighted by atomic mass is 16.5. The Hall–Kier alpha value is -2.82. The average molecular weight is 355 g/mol. The summed E-state index contributed by atoms with van der Waals surface area (Å²) in [5.41, 5.74) is 6.11. The molecule has 0 aliphatic rings. The SMILES string of the molecule is Cc1ccc(O)cc1C(CC=O)(Oc1ccc(C(C)(C)C)cc1)C(N)=O. The fourth-order valence-electron chi connectivity index (χ4n) is 2.88. The summed E-state index contributed by atoms with van der Waals surface area (Å²) in [5, 5.41) is 9.85. The van der Waals surface area contributed by atoms with Crippen molar-refractivity contribution in [1.82, 2.24) is 0 Å². The number of phenolic OH excluding ortho intramolecular Hbond substituents is 1. The maximum atomic E-state index is 12.4. The van der Waals surface area contributed by atoms with Crippen LogP contribution in [0.4, 0.5) is 0 Å². The normalized spacial score (nSPS) is 13.7. The van der Waals surface area contributed by atoms with Gasteiger partial charge in [0.05, 0.1) is 6.42 Å². The number of aromatic hydroxyl groups is 1. The Bertz CT molecular complexity index is 806. The Kier molecular flexibility index (Phi) is 5.40. The van der Waals surface area contributed by atoms with E-state index in [0.717, 1.165) is 5.56 Å². The summed E-state index contributed by atoms with van der Waals surface area (Å²) in [4.78, 5) is 23.7. The molecule has 5 heteroatoms. The quantitative estimate of drug-likeness (QED) is 0.778. The summed E-state index contributed by atoms with van der Waals surface area (Å²) in [6.45, 7) is 8.06. The molecule has 0 heterocycles. The monoisotopic (exact) mass is 355 g/mol. The molecule has 0 saturated carbocycles. The number of benzene rings is 2. The van der Waals surface area contributed by atoms with Gasteiger partial charge in [-0.2, -0.15) is 0 Å². The highest BCUT2D eigenvalue weighted by Gasteiger charge is 2.42. The Morgan fingerprint density at radius 3 is 2.27 bits per heavy atom. The third kappa shape index (κ3) is 3.87. The molecule has 26 heavy (non-hydrogen) atoms. The van der Waals surface area contributed by atoms with Gasteiger partial charge in [-0.05, 0) is 47.7 Å². The molecule has 2 aromatic rings. The average Bonchev–Trinajstić information content (AvgIpc) is 2.56. The second-order valence-corrected chi connectivity index (χ2v) is 7.44. The molecule has 0 aliphatic carbocycles. The van der Waals surface area contributed by atoms with E-state index in [2.05, 4.69) is 20.8 Å². The number of hydrogen-bond acceptors (Lipinski definition) is 4. The summed E-state index contributed by atoms with van der Waals surface area (Å²) in [6, 6.07) is 11.9. The molecule has 0 aliphatic heterocycles. The molecule has 3 N–H and O–H groups in total. The Balaban J connectivity index is 2.53. The number of amides is 1. The molecular weight excluding hydrogens is 330 g/mol. The molecule has 0 bridgehead atoms. The molecule has 0 saturated heterocycles. The van der Waals surface area contributed by atoms with Crippen molar-refractivity contribution in [2.45, 2.75) is 45.1 Å². The fourth-order valence-corrected chi connectivity index (χ4v) is 2.88. The number of nitrogens with two attached hydrogens (primary N) is 1. The zero-order chi connectivity index (χ0) is 19.5. The van der Waals surface area contributed by atoms with Crippen LogP contribution in [-0.2, 0) is 20.6 Å². The van der Waals surface area contributed by atoms with Crippen LogP contribution in [0.3, 0.4) is 0 Å². The maximum Gasteiger partial charge on any atom is 0.266 e. The van der Waals surface area contributed by atoms with Crippen LogP contribution < -0.4 is 10.5 Å². The van der Waals surface area contributed by atoms with Gasteiger partial charge < -0.3 is 20.4 Å². The van der Waals surface area contributed by atoms with Crippen molar-refractivity contribution < 1.29 is 19.4 Å². The van der Waals surface area contributed by atoms with Crippen molar-refractivity contribution in [2.75, 3.05) is 0 Å². The largest absolute Gasteiger partial charge is 0.508 e. The van der Waals surface area contributed by atoms with E-state index in [0.29, 0.717) is 23.2 Å². The summed E-state index contributed by atoms with van der Waals surface area (Å²) in [5.74, 6) is -0.409. The Morgan fingerprint density at radius 1 is 1.15 bits per heavy atom. The van der Waals surface area contributed by atoms with Crippen LogP contribution >= 0.6 is 0 Å². The minimum Gasteiger partial charge on any atom is -0.508 e. The molecule has 2 rings (SSSR count). The van der Waals surface area contributed by atoms with Crippen LogP contribution in [-0.4, -0.2) is 17.3 Å². The van der Waals surface area contributed by atoms with E-state index in [4.69, 9.17) is 10.5 Å². The van der Waals surface area contributed by atoms with Gasteiger partial charge in [0.2, 0.25) is 5.60 Å². The highest BCUT2D eigenvalue weighted by Crippen LogP contribution is 2.35. The van der Waals surface area contributed by atoms with E-state index < -0.39 is 11.5 Å². The van der Waals surface area contributed by atoms with Gasteiger partial charge in [-0.3, -0.25) is 4.79 Å². The van der Waals surface area contributed by atoms with Gasteiger partial charge in [0.1, 0.15) is 17.8 Å². The van der Waals surface area contributed by atoms with Crippen LogP contribution in [0.25, 0.3) is 0 Å². The number of rotatable bonds is 6. The zero-order valence-corrected chi connectivity index (χ0v) is 15.6. The van der Waals surface area contributed by atoms with Crippen LogP contribution in [0, 0.1) is 6.92 Å². The summed E-state index contributed by atoms with van der Waals surface area (Å²) < 4.78 is 5.98.